The van der Waals surface area contributed by atoms with Crippen molar-refractivity contribution in [1.29, 1.82) is 0 Å². The molecule has 0 aromatic heterocycles. The van der Waals surface area contributed by atoms with E-state index in [1.54, 1.807) is 12.1 Å². The van der Waals surface area contributed by atoms with Gasteiger partial charge < -0.3 is 16.4 Å². The molecule has 132 valence electrons. The second-order valence-corrected chi connectivity index (χ2v) is 5.40. The molecule has 2 aromatic rings. The summed E-state index contributed by atoms with van der Waals surface area (Å²) < 4.78 is 38.7. The number of nitrogens with one attached hydrogen (secondary N) is 2. The predicted molar refractivity (Wildman–Crippen MR) is 87.0 cm³/mol. The molecule has 0 aliphatic heterocycles. The van der Waals surface area contributed by atoms with Gasteiger partial charge in [0.2, 0.25) is 0 Å². The summed E-state index contributed by atoms with van der Waals surface area (Å²) in [7, 11) is 0. The number of carbonyl (C=O) groups excluding carboxylic acids is 2. The van der Waals surface area contributed by atoms with Gasteiger partial charge in [-0.1, -0.05) is 18.2 Å². The molecule has 0 atom stereocenters. The molecule has 0 heterocycles. The van der Waals surface area contributed by atoms with Gasteiger partial charge in [0.25, 0.3) is 5.91 Å². The zero-order chi connectivity index (χ0) is 18.6. The minimum atomic E-state index is -4.49. The molecule has 5 nitrogen and oxygen atoms in total. The fourth-order valence-corrected chi connectivity index (χ4v) is 2.17. The zero-order valence-corrected chi connectivity index (χ0v) is 13.3. The third kappa shape index (κ3) is 4.97. The van der Waals surface area contributed by atoms with Crippen molar-refractivity contribution in [3.63, 3.8) is 0 Å². The van der Waals surface area contributed by atoms with Crippen LogP contribution >= 0.6 is 0 Å². The monoisotopic (exact) mass is 351 g/mol. The molecule has 0 fully saturated rings. The number of rotatable bonds is 4. The van der Waals surface area contributed by atoms with Gasteiger partial charge in [0.1, 0.15) is 0 Å². The van der Waals surface area contributed by atoms with Gasteiger partial charge in [0.15, 0.2) is 0 Å². The van der Waals surface area contributed by atoms with Crippen LogP contribution in [0.25, 0.3) is 0 Å². The van der Waals surface area contributed by atoms with E-state index in [1.165, 1.54) is 31.2 Å². The minimum absolute atomic E-state index is 0.0578. The van der Waals surface area contributed by atoms with Gasteiger partial charge in [-0.25, -0.2) is 4.79 Å². The molecule has 0 bridgehead atoms. The normalized spacial score (nSPS) is 11.0. The highest BCUT2D eigenvalue weighted by molar-refractivity contribution is 6.04. The molecule has 4 N–H and O–H groups in total. The lowest BCUT2D eigenvalue weighted by molar-refractivity contribution is -0.138. The Kier molecular flexibility index (Phi) is 5.31. The maximum Gasteiger partial charge on any atom is 0.416 e. The number of halogens is 3. The number of hydrogen-bond acceptors (Lipinski definition) is 2. The average molecular weight is 351 g/mol. The van der Waals surface area contributed by atoms with Crippen LogP contribution in [0, 0.1) is 6.92 Å². The molecule has 0 aliphatic rings. The van der Waals surface area contributed by atoms with Gasteiger partial charge in [0.05, 0.1) is 5.56 Å². The van der Waals surface area contributed by atoms with Crippen molar-refractivity contribution >= 4 is 17.6 Å². The molecule has 0 aliphatic carbocycles. The van der Waals surface area contributed by atoms with Crippen LogP contribution in [-0.4, -0.2) is 11.9 Å². The van der Waals surface area contributed by atoms with Gasteiger partial charge in [-0.15, -0.1) is 0 Å². The van der Waals surface area contributed by atoms with Gasteiger partial charge in [-0.3, -0.25) is 4.79 Å². The number of amides is 3. The largest absolute Gasteiger partial charge is 0.416 e. The Morgan fingerprint density at radius 3 is 2.28 bits per heavy atom. The standard InChI is InChI=1S/C17H16F3N3O2/c1-10-2-7-13(8-14(10)17(18,19)20)23-15(24)12-5-3-11(4-6-12)9-22-16(21)25/h2-8H,9H2,1H3,(H,23,24)(H3,21,22,25). The van der Waals surface area contributed by atoms with Crippen LogP contribution in [0.3, 0.4) is 0 Å². The van der Waals surface area contributed by atoms with Crippen molar-refractivity contribution in [3.05, 3.63) is 64.7 Å². The van der Waals surface area contributed by atoms with Gasteiger partial charge in [-0.2, -0.15) is 13.2 Å². The van der Waals surface area contributed by atoms with E-state index in [0.717, 1.165) is 11.6 Å². The molecule has 3 amide bonds. The molecule has 25 heavy (non-hydrogen) atoms. The van der Waals surface area contributed by atoms with Gasteiger partial charge >= 0.3 is 12.2 Å². The third-order valence-electron chi connectivity index (χ3n) is 3.48. The number of carbonyl (C=O) groups is 2. The van der Waals surface area contributed by atoms with E-state index < -0.39 is 23.7 Å². The zero-order valence-electron chi connectivity index (χ0n) is 13.3. The molecule has 2 rings (SSSR count). The first-order valence-electron chi connectivity index (χ1n) is 7.28. The Morgan fingerprint density at radius 2 is 1.72 bits per heavy atom. The summed E-state index contributed by atoms with van der Waals surface area (Å²) in [6, 6.07) is 9.19. The van der Waals surface area contributed by atoms with Crippen LogP contribution < -0.4 is 16.4 Å². The molecule has 0 radical (unpaired) electrons. The first-order chi connectivity index (χ1) is 11.7. The van der Waals surface area contributed by atoms with E-state index in [9.17, 15) is 22.8 Å². The smallest absolute Gasteiger partial charge is 0.352 e. The average Bonchev–Trinajstić information content (AvgIpc) is 2.54. The number of nitrogens with two attached hydrogens (primary N) is 1. The van der Waals surface area contributed by atoms with Crippen LogP contribution in [0.5, 0.6) is 0 Å². The number of hydrogen-bond donors (Lipinski definition) is 3. The third-order valence-corrected chi connectivity index (χ3v) is 3.48. The molecule has 0 unspecified atom stereocenters. The van der Waals surface area contributed by atoms with E-state index in [4.69, 9.17) is 5.73 Å². The van der Waals surface area contributed by atoms with E-state index in [1.807, 2.05) is 0 Å². The second kappa shape index (κ2) is 7.25. The fourth-order valence-electron chi connectivity index (χ4n) is 2.17. The van der Waals surface area contributed by atoms with Crippen molar-refractivity contribution < 1.29 is 22.8 Å². The Morgan fingerprint density at radius 1 is 1.08 bits per heavy atom. The Bertz CT molecular complexity index is 787. The van der Waals surface area contributed by atoms with Crippen LogP contribution in [-0.2, 0) is 12.7 Å². The first-order valence-corrected chi connectivity index (χ1v) is 7.28. The summed E-state index contributed by atoms with van der Waals surface area (Å²) >= 11 is 0. The van der Waals surface area contributed by atoms with E-state index in [0.29, 0.717) is 0 Å². The lowest BCUT2D eigenvalue weighted by atomic mass is 10.1. The number of anilines is 1. The number of alkyl halides is 3. The van der Waals surface area contributed by atoms with Crippen molar-refractivity contribution in [2.45, 2.75) is 19.6 Å². The number of primary amides is 1. The number of aryl methyl sites for hydroxylation is 1. The van der Waals surface area contributed by atoms with Crippen LogP contribution in [0.4, 0.5) is 23.7 Å². The maximum absolute atomic E-state index is 12.9. The van der Waals surface area contributed by atoms with Crippen molar-refractivity contribution in [2.24, 2.45) is 5.73 Å². The van der Waals surface area contributed by atoms with Gasteiger partial charge in [0, 0.05) is 17.8 Å². The summed E-state index contributed by atoms with van der Waals surface area (Å²) in [5.41, 5.74) is 5.31. The molecular formula is C17H16F3N3O2. The summed E-state index contributed by atoms with van der Waals surface area (Å²) in [5, 5.41) is 4.85. The SMILES string of the molecule is Cc1ccc(NC(=O)c2ccc(CNC(N)=O)cc2)cc1C(F)(F)F. The Labute approximate surface area is 142 Å². The lowest BCUT2D eigenvalue weighted by Crippen LogP contribution is -2.28. The molecule has 0 spiro atoms. The van der Waals surface area contributed by atoms with Crippen LogP contribution in [0.1, 0.15) is 27.0 Å². The summed E-state index contributed by atoms with van der Waals surface area (Å²) in [6.45, 7) is 1.57. The fraction of sp³-hybridized carbons (Fsp3) is 0.176. The quantitative estimate of drug-likeness (QED) is 0.788. The lowest BCUT2D eigenvalue weighted by Gasteiger charge is -2.13. The molecule has 0 saturated heterocycles. The molecule has 0 saturated carbocycles. The van der Waals surface area contributed by atoms with Gasteiger partial charge in [-0.05, 0) is 42.3 Å². The van der Waals surface area contributed by atoms with E-state index in [-0.39, 0.29) is 23.4 Å². The molecule has 8 heteroatoms. The van der Waals surface area contributed by atoms with Crippen molar-refractivity contribution in [1.82, 2.24) is 5.32 Å². The second-order valence-electron chi connectivity index (χ2n) is 5.40. The topological polar surface area (TPSA) is 84.2 Å². The molecular weight excluding hydrogens is 335 g/mol. The highest BCUT2D eigenvalue weighted by atomic mass is 19.4. The maximum atomic E-state index is 12.9. The number of urea groups is 1. The molecule has 2 aromatic carbocycles. The summed E-state index contributed by atoms with van der Waals surface area (Å²) in [5.74, 6) is -0.536. The Hall–Kier alpha value is -3.03. The highest BCUT2D eigenvalue weighted by Gasteiger charge is 2.32. The first kappa shape index (κ1) is 18.3. The minimum Gasteiger partial charge on any atom is -0.352 e. The van der Waals surface area contributed by atoms with Crippen LogP contribution in [0.15, 0.2) is 42.5 Å². The highest BCUT2D eigenvalue weighted by Crippen LogP contribution is 2.33. The van der Waals surface area contributed by atoms with Crippen LogP contribution in [0.2, 0.25) is 0 Å². The summed E-state index contributed by atoms with van der Waals surface area (Å²) in [4.78, 5) is 22.8. The van der Waals surface area contributed by atoms with E-state index >= 15 is 0 Å². The predicted octanol–water partition coefficient (Wildman–Crippen LogP) is 3.43. The Balaban J connectivity index is 2.10. The van der Waals surface area contributed by atoms with E-state index in [2.05, 4.69) is 10.6 Å². The number of benzene rings is 2. The van der Waals surface area contributed by atoms with Crippen molar-refractivity contribution in [3.8, 4) is 0 Å². The summed E-state index contributed by atoms with van der Waals surface area (Å²) in [6.07, 6.45) is -4.49. The van der Waals surface area contributed by atoms with Crippen molar-refractivity contribution in [2.75, 3.05) is 5.32 Å².